The fourth-order valence-electron chi connectivity index (χ4n) is 5.65. The molecule has 0 aliphatic carbocycles. The van der Waals surface area contributed by atoms with Crippen LogP contribution in [0, 0.1) is 13.8 Å². The average molecular weight is 567 g/mol. The number of aryl methyl sites for hydroxylation is 2. The number of esters is 1. The maximum absolute atomic E-state index is 12.2. The maximum atomic E-state index is 12.2. The van der Waals surface area contributed by atoms with E-state index >= 15 is 0 Å². The predicted octanol–water partition coefficient (Wildman–Crippen LogP) is 7.46. The second kappa shape index (κ2) is 10.7. The van der Waals surface area contributed by atoms with E-state index in [9.17, 15) is 4.79 Å². The average Bonchev–Trinajstić information content (AvgIpc) is 3.37. The summed E-state index contributed by atoms with van der Waals surface area (Å²) < 4.78 is 7.07. The van der Waals surface area contributed by atoms with Crippen LogP contribution in [0.5, 0.6) is 0 Å². The summed E-state index contributed by atoms with van der Waals surface area (Å²) in [5.41, 5.74) is 8.29. The largest absolute Gasteiger partial charge is 0.462 e. The number of anilines is 2. The minimum atomic E-state index is -0.348. The molecule has 0 bridgehead atoms. The van der Waals surface area contributed by atoms with Crippen LogP contribution in [-0.4, -0.2) is 34.0 Å². The normalized spacial score (nSPS) is 15.0. The number of nitrogens with zero attached hydrogens (tertiary/aromatic N) is 5. The number of carbonyl (C=O) groups excluding carboxylic acids is 1. The van der Waals surface area contributed by atoms with Gasteiger partial charge in [0.1, 0.15) is 0 Å². The minimum Gasteiger partial charge on any atom is -0.462 e. The molecule has 1 N–H and O–H groups in total. The number of carbonyl (C=O) groups is 1. The van der Waals surface area contributed by atoms with Gasteiger partial charge in [0.25, 0.3) is 0 Å². The lowest BCUT2D eigenvalue weighted by molar-refractivity contribution is 0.0526. The third-order valence-electron chi connectivity index (χ3n) is 7.69. The van der Waals surface area contributed by atoms with E-state index in [1.165, 1.54) is 5.56 Å². The molecule has 0 saturated carbocycles. The first kappa shape index (κ1) is 26.4. The number of benzene rings is 4. The molecule has 0 unspecified atom stereocenters. The van der Waals surface area contributed by atoms with Gasteiger partial charge in [-0.2, -0.15) is 5.10 Å². The van der Waals surface area contributed by atoms with Crippen molar-refractivity contribution in [3.63, 3.8) is 0 Å². The van der Waals surface area contributed by atoms with E-state index in [4.69, 9.17) is 19.8 Å². The molecule has 2 aliphatic rings. The Bertz CT molecular complexity index is 1890. The summed E-state index contributed by atoms with van der Waals surface area (Å²) in [7, 11) is 0. The molecule has 0 saturated heterocycles. The highest BCUT2D eigenvalue weighted by Gasteiger charge is 2.41. The van der Waals surface area contributed by atoms with E-state index in [2.05, 4.69) is 47.5 Å². The number of amidine groups is 2. The van der Waals surface area contributed by atoms with Gasteiger partial charge >= 0.3 is 5.97 Å². The van der Waals surface area contributed by atoms with E-state index in [0.717, 1.165) is 45.4 Å². The quantitative estimate of drug-likeness (QED) is 0.223. The standard InChI is InChI=1S/C35H30N6O2/c1-4-43-35(42)25-18-20-26(21-19-25)36-32-34-38-33-30(23(3)39-41(33)27-10-6-5-7-11-27)31(24-16-14-22(2)15-17-24)40(34)29-13-9-8-12-28(29)37-32/h5-21,31H,4H2,1-3H3,(H,36,37)/t31-/m1/s1. The Morgan fingerprint density at radius 1 is 0.860 bits per heavy atom. The van der Waals surface area contributed by atoms with Gasteiger partial charge in [0, 0.05) is 11.3 Å². The van der Waals surface area contributed by atoms with Crippen molar-refractivity contribution in [3.05, 3.63) is 131 Å². The summed E-state index contributed by atoms with van der Waals surface area (Å²) in [5.74, 6) is 1.71. The van der Waals surface area contributed by atoms with E-state index in [1.807, 2.05) is 72.3 Å². The van der Waals surface area contributed by atoms with E-state index in [0.29, 0.717) is 23.8 Å². The van der Waals surface area contributed by atoms with Crippen LogP contribution in [0.3, 0.4) is 0 Å². The third kappa shape index (κ3) is 4.67. The van der Waals surface area contributed by atoms with Gasteiger partial charge in [0.05, 0.1) is 41.0 Å². The summed E-state index contributed by atoms with van der Waals surface area (Å²) in [4.78, 5) is 24.8. The highest BCUT2D eigenvalue weighted by atomic mass is 16.5. The Morgan fingerprint density at radius 3 is 2.33 bits per heavy atom. The number of ether oxygens (including phenoxy) is 1. The van der Waals surface area contributed by atoms with Crippen LogP contribution in [-0.2, 0) is 4.74 Å². The number of nitrogens with one attached hydrogen (secondary N) is 1. The Kier molecular flexibility index (Phi) is 6.58. The van der Waals surface area contributed by atoms with Gasteiger partial charge in [-0.15, -0.1) is 0 Å². The van der Waals surface area contributed by atoms with Crippen molar-refractivity contribution in [2.24, 2.45) is 9.98 Å². The summed E-state index contributed by atoms with van der Waals surface area (Å²) >= 11 is 0. The second-order valence-corrected chi connectivity index (χ2v) is 10.6. The molecular formula is C35H30N6O2. The minimum absolute atomic E-state index is 0.194. The van der Waals surface area contributed by atoms with Crippen molar-refractivity contribution >= 4 is 40.5 Å². The molecule has 0 radical (unpaired) electrons. The van der Waals surface area contributed by atoms with Gasteiger partial charge < -0.3 is 15.0 Å². The number of aromatic nitrogens is 2. The third-order valence-corrected chi connectivity index (χ3v) is 7.69. The van der Waals surface area contributed by atoms with Crippen LogP contribution < -0.4 is 10.2 Å². The number of hydrogen-bond acceptors (Lipinski definition) is 7. The van der Waals surface area contributed by atoms with Crippen LogP contribution >= 0.6 is 0 Å². The zero-order valence-corrected chi connectivity index (χ0v) is 24.2. The van der Waals surface area contributed by atoms with E-state index < -0.39 is 0 Å². The molecular weight excluding hydrogens is 536 g/mol. The summed E-state index contributed by atoms with van der Waals surface area (Å²) in [6.07, 6.45) is 0. The topological polar surface area (TPSA) is 84.1 Å². The van der Waals surface area contributed by atoms with Gasteiger partial charge in [-0.3, -0.25) is 0 Å². The second-order valence-electron chi connectivity index (χ2n) is 10.6. The number of para-hydroxylation sites is 3. The molecule has 8 nitrogen and oxygen atoms in total. The van der Waals surface area contributed by atoms with Crippen LogP contribution in [0.25, 0.3) is 5.69 Å². The fourth-order valence-corrected chi connectivity index (χ4v) is 5.65. The van der Waals surface area contributed by atoms with Gasteiger partial charge in [-0.1, -0.05) is 60.2 Å². The molecule has 0 fully saturated rings. The maximum Gasteiger partial charge on any atom is 0.338 e. The van der Waals surface area contributed by atoms with Crippen molar-refractivity contribution < 1.29 is 9.53 Å². The lowest BCUT2D eigenvalue weighted by Gasteiger charge is -2.40. The SMILES string of the molecule is CCOC(=O)c1ccc(NC2=Nc3ccccc3N3C2=Nc2c(c(C)nn2-c2ccccc2)[C@H]3c2ccc(C)cc2)cc1. The molecule has 7 rings (SSSR count). The van der Waals surface area contributed by atoms with Crippen molar-refractivity contribution in [1.29, 1.82) is 0 Å². The molecule has 1 atom stereocenters. The zero-order valence-electron chi connectivity index (χ0n) is 24.2. The summed E-state index contributed by atoms with van der Waals surface area (Å²) in [6, 6.07) is 33.9. The van der Waals surface area contributed by atoms with E-state index in [1.54, 1.807) is 19.1 Å². The summed E-state index contributed by atoms with van der Waals surface area (Å²) in [5, 5.41) is 8.49. The zero-order chi connectivity index (χ0) is 29.5. The van der Waals surface area contributed by atoms with Gasteiger partial charge in [0.2, 0.25) is 0 Å². The molecule has 8 heteroatoms. The van der Waals surface area contributed by atoms with Crippen LogP contribution in [0.1, 0.15) is 45.7 Å². The first-order valence-corrected chi connectivity index (χ1v) is 14.3. The molecule has 43 heavy (non-hydrogen) atoms. The van der Waals surface area contributed by atoms with Gasteiger partial charge in [-0.25, -0.2) is 19.5 Å². The van der Waals surface area contributed by atoms with Crippen molar-refractivity contribution in [3.8, 4) is 5.69 Å². The van der Waals surface area contributed by atoms with Gasteiger partial charge in [0.15, 0.2) is 17.5 Å². The van der Waals surface area contributed by atoms with Gasteiger partial charge in [-0.05, 0) is 74.9 Å². The molecule has 212 valence electrons. The van der Waals surface area contributed by atoms with E-state index in [-0.39, 0.29) is 12.0 Å². The van der Waals surface area contributed by atoms with Crippen molar-refractivity contribution in [2.45, 2.75) is 26.8 Å². The molecule has 4 aromatic carbocycles. The lowest BCUT2D eigenvalue weighted by Crippen LogP contribution is -2.46. The van der Waals surface area contributed by atoms with Crippen LogP contribution in [0.2, 0.25) is 0 Å². The highest BCUT2D eigenvalue weighted by Crippen LogP contribution is 2.48. The molecule has 0 amide bonds. The van der Waals surface area contributed by atoms with Crippen LogP contribution in [0.15, 0.2) is 113 Å². The number of aliphatic imine (C=N–C) groups is 2. The number of hydrogen-bond donors (Lipinski definition) is 1. The van der Waals surface area contributed by atoms with Crippen molar-refractivity contribution in [2.75, 3.05) is 16.8 Å². The lowest BCUT2D eigenvalue weighted by atomic mass is 9.93. The first-order valence-electron chi connectivity index (χ1n) is 14.3. The first-order chi connectivity index (χ1) is 21.0. The highest BCUT2D eigenvalue weighted by molar-refractivity contribution is 6.51. The number of rotatable bonds is 5. The van der Waals surface area contributed by atoms with Crippen LogP contribution in [0.4, 0.5) is 22.9 Å². The Morgan fingerprint density at radius 2 is 1.58 bits per heavy atom. The molecule has 2 aliphatic heterocycles. The molecule has 3 heterocycles. The fraction of sp³-hybridized carbons (Fsp3) is 0.143. The number of fused-ring (bicyclic) bond motifs is 4. The molecule has 0 spiro atoms. The smallest absolute Gasteiger partial charge is 0.338 e. The van der Waals surface area contributed by atoms with Crippen molar-refractivity contribution in [1.82, 2.24) is 9.78 Å². The Labute approximate surface area is 250 Å². The Balaban J connectivity index is 1.41. The predicted molar refractivity (Wildman–Crippen MR) is 170 cm³/mol. The monoisotopic (exact) mass is 566 g/mol. The molecule has 5 aromatic rings. The Hall–Kier alpha value is -5.50. The molecule has 1 aromatic heterocycles. The summed E-state index contributed by atoms with van der Waals surface area (Å²) in [6.45, 7) is 6.27.